The van der Waals surface area contributed by atoms with Crippen molar-refractivity contribution in [2.45, 2.75) is 54.7 Å². The second-order valence-corrected chi connectivity index (χ2v) is 34.4. The fraction of sp³-hybridized carbons (Fsp3) is 0.271. The average molecular weight is 1920 g/mol. The zero-order valence-electron chi connectivity index (χ0n) is 78.5. The summed E-state index contributed by atoms with van der Waals surface area (Å²) in [4.78, 5) is 57.9. The minimum Gasteiger partial charge on any atom is -0.497 e. The number of hydrogen-bond donors (Lipinski definition) is 0. The van der Waals surface area contributed by atoms with E-state index in [4.69, 9.17) is 104 Å². The number of ether oxygens (including phenoxy) is 17. The van der Waals surface area contributed by atoms with Crippen LogP contribution in [0.5, 0.6) is 86.2 Å². The molecule has 16 rings (SSSR count). The summed E-state index contributed by atoms with van der Waals surface area (Å²) in [6, 6.07) is 72.4. The van der Waals surface area contributed by atoms with Crippen molar-refractivity contribution >= 4 is 62.7 Å². The highest BCUT2D eigenvalue weighted by Gasteiger charge is 2.41. The number of nitrogens with zero attached hydrogens (tertiary/aromatic N) is 4. The highest BCUT2D eigenvalue weighted by Crippen LogP contribution is 2.46. The molecule has 0 aliphatic carbocycles. The van der Waals surface area contributed by atoms with E-state index >= 15 is 0 Å². The number of fused-ring (bicyclic) bond motifs is 4. The van der Waals surface area contributed by atoms with Gasteiger partial charge in [-0.1, -0.05) is 72.2 Å². The second-order valence-electron chi connectivity index (χ2n) is 31.6. The van der Waals surface area contributed by atoms with Crippen molar-refractivity contribution in [3.8, 4) is 86.2 Å². The van der Waals surface area contributed by atoms with E-state index in [1.165, 1.54) is 17.5 Å². The van der Waals surface area contributed by atoms with Crippen LogP contribution in [0.25, 0.3) is 5.76 Å². The summed E-state index contributed by atoms with van der Waals surface area (Å²) in [7, 11) is 16.6. The van der Waals surface area contributed by atoms with Crippen LogP contribution < -0.4 is 71.1 Å². The molecule has 4 atom stereocenters. The minimum absolute atomic E-state index is 0.0281. The van der Waals surface area contributed by atoms with Crippen molar-refractivity contribution in [1.29, 1.82) is 0 Å². The van der Waals surface area contributed by atoms with Gasteiger partial charge in [0.1, 0.15) is 60.9 Å². The van der Waals surface area contributed by atoms with Gasteiger partial charge in [-0.3, -0.25) is 14.4 Å². The van der Waals surface area contributed by atoms with Crippen LogP contribution in [0.15, 0.2) is 260 Å². The third-order valence-corrected chi connectivity index (χ3v) is 26.4. The van der Waals surface area contributed by atoms with Crippen LogP contribution in [0.2, 0.25) is 10.0 Å². The molecule has 30 heteroatoms. The van der Waals surface area contributed by atoms with Crippen molar-refractivity contribution in [2.75, 3.05) is 145 Å². The maximum atomic E-state index is 13.7. The summed E-state index contributed by atoms with van der Waals surface area (Å²) in [5.41, 5.74) is 11.0. The van der Waals surface area contributed by atoms with E-state index in [-0.39, 0.29) is 73.7 Å². The number of amides is 3. The molecule has 137 heavy (non-hydrogen) atoms. The van der Waals surface area contributed by atoms with Gasteiger partial charge in [0.25, 0.3) is 17.7 Å². The first-order chi connectivity index (χ1) is 66.4. The lowest BCUT2D eigenvalue weighted by Crippen LogP contribution is -2.42. The Kier molecular flexibility index (Phi) is 34.4. The molecule has 0 spiro atoms. The number of carbonyl (C=O) groups excluding carboxylic acids is 4. The lowest BCUT2D eigenvalue weighted by Gasteiger charge is -2.37. The maximum Gasteiger partial charge on any atom is 0.337 e. The fourth-order valence-electron chi connectivity index (χ4n) is 16.8. The fourth-order valence-corrected chi connectivity index (χ4v) is 18.9. The lowest BCUT2D eigenvalue weighted by molar-refractivity contribution is 0.0582. The molecule has 0 bridgehead atoms. The number of halogens is 2. The standard InChI is InChI=1S/C29H31NO6.C27H26ClNO6.C26H27NO5.C25H26ClNO6S/c1-19(32-2)20-6-12-24(13-7-20)36-18-26-25-17-28(35-5)27(34-4)16-22(25)14-15-30(26)29(31)21-8-10-23(33-3)11-9-21;1-32-24-14-18-11-12-29(26(30)19-5-4-6-20(28)13-19)23(22(18)15-25(24)33-2)16-35-21-9-7-17(8-10-21)27(31)34-3;1-29-22-11-7-8-12-23(22)32-17-21-20-16-25(31-3)24(30-2)15-19(20)13-14-27(21)26(28)18-9-5-4-6-10-18;1-30-19-7-9-20(10-8-19)33-16-23-22-15-25(32-3)24(31-2)13-17(22)11-12-27(23)34(28,29)21-6-4-5-18(26)14-21/h6-13,16-17,26H,1,14-15,18H2,2-5H3;4-10,13-15,23H,11-12,16H2,1-3H3;4-12,15-16,21H,13-14,17H2,1-3H3;4-10,13-15,23H,11-12,16H2,1-3H3. The zero-order valence-corrected chi connectivity index (χ0v) is 80.8. The van der Waals surface area contributed by atoms with Gasteiger partial charge in [0, 0.05) is 58.5 Å². The molecular weight excluding hydrogens is 1810 g/mol. The number of esters is 1. The van der Waals surface area contributed by atoms with Gasteiger partial charge in [-0.25, -0.2) is 13.2 Å². The van der Waals surface area contributed by atoms with Gasteiger partial charge in [0.2, 0.25) is 10.0 Å². The Bertz CT molecular complexity index is 6320. The topological polar surface area (TPSA) is 272 Å². The summed E-state index contributed by atoms with van der Waals surface area (Å²) >= 11 is 12.2. The smallest absolute Gasteiger partial charge is 0.337 e. The maximum absolute atomic E-state index is 13.7. The van der Waals surface area contributed by atoms with Crippen molar-refractivity contribution < 1.29 is 108 Å². The quantitative estimate of drug-likeness (QED) is 0.0288. The van der Waals surface area contributed by atoms with Crippen molar-refractivity contribution in [3.05, 3.63) is 338 Å². The molecule has 0 N–H and O–H groups in total. The largest absolute Gasteiger partial charge is 0.497 e. The molecule has 4 aliphatic heterocycles. The third kappa shape index (κ3) is 23.7. The lowest BCUT2D eigenvalue weighted by atomic mass is 9.91. The van der Waals surface area contributed by atoms with Crippen LogP contribution in [0.4, 0.5) is 0 Å². The van der Waals surface area contributed by atoms with Gasteiger partial charge in [-0.15, -0.1) is 0 Å². The monoisotopic (exact) mass is 1920 g/mol. The Morgan fingerprint density at radius 3 is 1.02 bits per heavy atom. The normalized spacial score (nSPS) is 15.0. The van der Waals surface area contributed by atoms with E-state index in [9.17, 15) is 27.6 Å². The Labute approximate surface area is 808 Å². The number of hydrogen-bond acceptors (Lipinski definition) is 23. The summed E-state index contributed by atoms with van der Waals surface area (Å²) in [6.45, 7) is 6.66. The predicted molar refractivity (Wildman–Crippen MR) is 522 cm³/mol. The first-order valence-electron chi connectivity index (χ1n) is 43.9. The summed E-state index contributed by atoms with van der Waals surface area (Å²) in [6.07, 6.45) is 2.60. The molecular formula is C107H110Cl2N4O23S. The highest BCUT2D eigenvalue weighted by atomic mass is 35.5. The molecule has 0 aromatic heterocycles. The third-order valence-electron chi connectivity index (χ3n) is 24.0. The Morgan fingerprint density at radius 2 is 0.620 bits per heavy atom. The van der Waals surface area contributed by atoms with Crippen LogP contribution in [-0.4, -0.2) is 196 Å². The molecule has 12 aromatic carbocycles. The van der Waals surface area contributed by atoms with Crippen molar-refractivity contribution in [2.24, 2.45) is 0 Å². The van der Waals surface area contributed by atoms with Gasteiger partial charge in [0.15, 0.2) is 57.5 Å². The zero-order chi connectivity index (χ0) is 97.4. The molecule has 27 nitrogen and oxygen atoms in total. The van der Waals surface area contributed by atoms with Gasteiger partial charge in [0.05, 0.1) is 127 Å². The van der Waals surface area contributed by atoms with Gasteiger partial charge >= 0.3 is 5.97 Å². The van der Waals surface area contributed by atoms with Gasteiger partial charge in [-0.05, 0) is 276 Å². The van der Waals surface area contributed by atoms with Crippen LogP contribution in [0.1, 0.15) is 116 Å². The van der Waals surface area contributed by atoms with Crippen LogP contribution in [0.3, 0.4) is 0 Å². The summed E-state index contributed by atoms with van der Waals surface area (Å²) in [5.74, 6) is 9.41. The van der Waals surface area contributed by atoms with E-state index in [0.29, 0.717) is 163 Å². The molecule has 3 amide bonds. The molecule has 0 radical (unpaired) electrons. The minimum atomic E-state index is -3.85. The molecule has 716 valence electrons. The Hall–Kier alpha value is -14.5. The molecule has 0 fully saturated rings. The highest BCUT2D eigenvalue weighted by molar-refractivity contribution is 7.89. The van der Waals surface area contributed by atoms with Crippen LogP contribution >= 0.6 is 23.2 Å². The van der Waals surface area contributed by atoms with Crippen molar-refractivity contribution in [1.82, 2.24) is 19.0 Å². The Morgan fingerprint density at radius 1 is 0.299 bits per heavy atom. The molecule has 4 heterocycles. The summed E-state index contributed by atoms with van der Waals surface area (Å²) in [5, 5.41) is 0.856. The Balaban J connectivity index is 0.000000154. The van der Waals surface area contributed by atoms with Crippen LogP contribution in [-0.2, 0) is 45.2 Å². The van der Waals surface area contributed by atoms with E-state index < -0.39 is 22.0 Å². The number of benzene rings is 12. The number of methoxy groups -OCH3 is 13. The van der Waals surface area contributed by atoms with E-state index in [0.717, 1.165) is 56.5 Å². The molecule has 4 aliphatic rings. The van der Waals surface area contributed by atoms with E-state index in [1.807, 2.05) is 137 Å². The second kappa shape index (κ2) is 47.2. The van der Waals surface area contributed by atoms with E-state index in [1.54, 1.807) is 205 Å². The molecule has 0 saturated carbocycles. The van der Waals surface area contributed by atoms with Gasteiger partial charge < -0.3 is 95.2 Å². The summed E-state index contributed by atoms with van der Waals surface area (Å²) < 4.78 is 123. The SMILES string of the molecule is C=C(OC)c1ccc(OCC2c3cc(OC)c(OC)cc3CCN2C(=O)c2ccc(OC)cc2)cc1.COC(=O)c1ccc(OCC2c3cc(OC)c(OC)cc3CCN2C(=O)c2cccc(Cl)c2)cc1.COc1cc2c(cc1OC)C(COc1ccccc1OC)N(C(=O)c1ccccc1)CC2.COc1ccc(OCC2c3cc(OC)c(OC)cc3CCN2S(=O)(=O)c2cccc(Cl)c2)cc1. The first kappa shape index (κ1) is 100. The van der Waals surface area contributed by atoms with E-state index in [2.05, 4.69) is 6.58 Å². The molecule has 4 unspecified atom stereocenters. The van der Waals surface area contributed by atoms with Gasteiger partial charge in [-0.2, -0.15) is 4.31 Å². The number of sulfonamides is 1. The number of para-hydroxylation sites is 2. The average Bonchev–Trinajstić information content (AvgIpc) is 0.756. The number of rotatable bonds is 31. The predicted octanol–water partition coefficient (Wildman–Crippen LogP) is 19.4. The first-order valence-corrected chi connectivity index (χ1v) is 46.1. The molecule has 0 saturated heterocycles. The number of carbonyl (C=O) groups is 4. The molecule has 12 aromatic rings. The van der Waals surface area contributed by atoms with Crippen LogP contribution in [0, 0.1) is 0 Å². The van der Waals surface area contributed by atoms with Crippen molar-refractivity contribution in [3.63, 3.8) is 0 Å².